The quantitative estimate of drug-likeness (QED) is 0.806. The fraction of sp³-hybridized carbons (Fsp3) is 0.455. The maximum atomic E-state index is 11.8. The minimum absolute atomic E-state index is 0.150. The smallest absolute Gasteiger partial charge is 0.305 e. The van der Waals surface area contributed by atoms with Gasteiger partial charge in [-0.3, -0.25) is 9.59 Å². The van der Waals surface area contributed by atoms with Crippen LogP contribution in [0.2, 0.25) is 0 Å². The summed E-state index contributed by atoms with van der Waals surface area (Å²) in [6.45, 7) is 4.97. The van der Waals surface area contributed by atoms with E-state index in [2.05, 4.69) is 15.3 Å². The molecule has 0 unspecified atom stereocenters. The molecule has 17 heavy (non-hydrogen) atoms. The molecule has 1 rings (SSSR count). The minimum Gasteiger partial charge on any atom is -0.481 e. The fourth-order valence-electron chi connectivity index (χ4n) is 1.38. The molecule has 0 spiro atoms. The normalized spacial score (nSPS) is 11.0. The Bertz CT molecular complexity index is 443. The van der Waals surface area contributed by atoms with Crippen molar-refractivity contribution in [2.75, 3.05) is 0 Å². The van der Waals surface area contributed by atoms with Gasteiger partial charge in [0.05, 0.1) is 6.42 Å². The minimum atomic E-state index is -0.964. The van der Waals surface area contributed by atoms with Gasteiger partial charge < -0.3 is 10.4 Å². The lowest BCUT2D eigenvalue weighted by molar-refractivity contribution is -0.138. The van der Waals surface area contributed by atoms with Crippen LogP contribution in [0.5, 0.6) is 0 Å². The second kappa shape index (κ2) is 4.90. The Morgan fingerprint density at radius 1 is 1.47 bits per heavy atom. The van der Waals surface area contributed by atoms with E-state index in [-0.39, 0.29) is 12.1 Å². The van der Waals surface area contributed by atoms with Gasteiger partial charge in [0.1, 0.15) is 11.5 Å². The molecule has 0 aliphatic carbocycles. The van der Waals surface area contributed by atoms with Crippen molar-refractivity contribution in [3.8, 4) is 0 Å². The number of hydrogen-bond donors (Lipinski definition) is 2. The van der Waals surface area contributed by atoms with Crippen molar-refractivity contribution >= 4 is 11.9 Å². The first-order chi connectivity index (χ1) is 7.80. The van der Waals surface area contributed by atoms with Crippen LogP contribution >= 0.6 is 0 Å². The lowest BCUT2D eigenvalue weighted by Gasteiger charge is -2.23. The molecule has 0 fully saturated rings. The highest BCUT2D eigenvalue weighted by molar-refractivity contribution is 5.93. The average molecular weight is 237 g/mol. The summed E-state index contributed by atoms with van der Waals surface area (Å²) < 4.78 is 0. The highest BCUT2D eigenvalue weighted by Gasteiger charge is 2.24. The van der Waals surface area contributed by atoms with Crippen LogP contribution in [0.3, 0.4) is 0 Å². The summed E-state index contributed by atoms with van der Waals surface area (Å²) in [6, 6.07) is 1.49. The zero-order chi connectivity index (χ0) is 13.1. The van der Waals surface area contributed by atoms with Crippen LogP contribution in [-0.2, 0) is 4.79 Å². The Labute approximate surface area is 99.1 Å². The predicted molar refractivity (Wildman–Crippen MR) is 60.6 cm³/mol. The van der Waals surface area contributed by atoms with E-state index in [1.807, 2.05) is 0 Å². The molecule has 0 aromatic carbocycles. The van der Waals surface area contributed by atoms with Gasteiger partial charge in [0.25, 0.3) is 5.91 Å². The number of amides is 1. The zero-order valence-electron chi connectivity index (χ0n) is 10.0. The maximum Gasteiger partial charge on any atom is 0.305 e. The number of carbonyl (C=O) groups is 2. The summed E-state index contributed by atoms with van der Waals surface area (Å²) >= 11 is 0. The molecule has 6 nitrogen and oxygen atoms in total. The summed E-state index contributed by atoms with van der Waals surface area (Å²) in [5.74, 6) is -0.871. The molecule has 6 heteroatoms. The molecule has 0 atom stereocenters. The Hall–Kier alpha value is -1.98. The largest absolute Gasteiger partial charge is 0.481 e. The number of nitrogens with one attached hydrogen (secondary N) is 1. The highest BCUT2D eigenvalue weighted by Crippen LogP contribution is 2.09. The molecule has 0 aliphatic heterocycles. The fourth-order valence-corrected chi connectivity index (χ4v) is 1.38. The first-order valence-corrected chi connectivity index (χ1v) is 5.14. The second-order valence-electron chi connectivity index (χ2n) is 4.40. The SMILES string of the molecule is Cc1nccc(C(=O)NC(C)(C)CC(=O)O)n1. The van der Waals surface area contributed by atoms with Crippen molar-refractivity contribution in [1.29, 1.82) is 0 Å². The molecule has 0 radical (unpaired) electrons. The van der Waals surface area contributed by atoms with Gasteiger partial charge in [0.15, 0.2) is 0 Å². The third-order valence-corrected chi connectivity index (χ3v) is 2.05. The van der Waals surface area contributed by atoms with Crippen molar-refractivity contribution in [2.45, 2.75) is 32.7 Å². The number of carboxylic acid groups (broad SMARTS) is 1. The Morgan fingerprint density at radius 3 is 2.65 bits per heavy atom. The molecule has 0 saturated heterocycles. The van der Waals surface area contributed by atoms with Crippen LogP contribution in [0, 0.1) is 6.92 Å². The number of carbonyl (C=O) groups excluding carboxylic acids is 1. The third kappa shape index (κ3) is 4.18. The van der Waals surface area contributed by atoms with Crippen LogP contribution < -0.4 is 5.32 Å². The molecule has 1 amide bonds. The van der Waals surface area contributed by atoms with E-state index in [9.17, 15) is 9.59 Å². The summed E-state index contributed by atoms with van der Waals surface area (Å²) in [4.78, 5) is 30.3. The highest BCUT2D eigenvalue weighted by atomic mass is 16.4. The molecule has 0 bridgehead atoms. The number of carboxylic acids is 1. The van der Waals surface area contributed by atoms with Gasteiger partial charge in [0, 0.05) is 11.7 Å². The van der Waals surface area contributed by atoms with Crippen LogP contribution in [-0.4, -0.2) is 32.5 Å². The summed E-state index contributed by atoms with van der Waals surface area (Å²) in [5, 5.41) is 11.3. The van der Waals surface area contributed by atoms with Gasteiger partial charge in [-0.2, -0.15) is 0 Å². The van der Waals surface area contributed by atoms with E-state index < -0.39 is 17.4 Å². The van der Waals surface area contributed by atoms with E-state index in [0.717, 1.165) is 0 Å². The molecule has 0 aliphatic rings. The van der Waals surface area contributed by atoms with E-state index >= 15 is 0 Å². The molecule has 0 saturated carbocycles. The topological polar surface area (TPSA) is 92.2 Å². The van der Waals surface area contributed by atoms with Crippen LogP contribution in [0.25, 0.3) is 0 Å². The Morgan fingerprint density at radius 2 is 2.12 bits per heavy atom. The van der Waals surface area contributed by atoms with Crippen molar-refractivity contribution in [3.63, 3.8) is 0 Å². The molecular weight excluding hydrogens is 222 g/mol. The Balaban J connectivity index is 2.75. The average Bonchev–Trinajstić information content (AvgIpc) is 2.14. The third-order valence-electron chi connectivity index (χ3n) is 2.05. The second-order valence-corrected chi connectivity index (χ2v) is 4.40. The standard InChI is InChI=1S/C11H15N3O3/c1-7-12-5-4-8(13-7)10(17)14-11(2,3)6-9(15)16/h4-5H,6H2,1-3H3,(H,14,17)(H,15,16). The van der Waals surface area contributed by atoms with E-state index in [1.165, 1.54) is 12.3 Å². The molecule has 2 N–H and O–H groups in total. The van der Waals surface area contributed by atoms with Gasteiger partial charge in [-0.25, -0.2) is 9.97 Å². The first kappa shape index (κ1) is 13.1. The van der Waals surface area contributed by atoms with Crippen molar-refractivity contribution in [1.82, 2.24) is 15.3 Å². The van der Waals surface area contributed by atoms with Crippen molar-refractivity contribution < 1.29 is 14.7 Å². The lowest BCUT2D eigenvalue weighted by Crippen LogP contribution is -2.45. The number of rotatable bonds is 4. The number of hydrogen-bond acceptors (Lipinski definition) is 4. The maximum absolute atomic E-state index is 11.8. The van der Waals surface area contributed by atoms with Gasteiger partial charge in [-0.1, -0.05) is 0 Å². The first-order valence-electron chi connectivity index (χ1n) is 5.14. The van der Waals surface area contributed by atoms with Gasteiger partial charge in [-0.05, 0) is 26.8 Å². The summed E-state index contributed by atoms with van der Waals surface area (Å²) in [5.41, 5.74) is -0.585. The Kier molecular flexibility index (Phi) is 3.77. The van der Waals surface area contributed by atoms with Crippen molar-refractivity contribution in [3.05, 3.63) is 23.8 Å². The predicted octanol–water partition coefficient (Wildman–Crippen LogP) is 0.768. The van der Waals surface area contributed by atoms with E-state index in [1.54, 1.807) is 20.8 Å². The van der Waals surface area contributed by atoms with Gasteiger partial charge in [0.2, 0.25) is 0 Å². The van der Waals surface area contributed by atoms with Gasteiger partial charge >= 0.3 is 5.97 Å². The van der Waals surface area contributed by atoms with Crippen molar-refractivity contribution in [2.24, 2.45) is 0 Å². The van der Waals surface area contributed by atoms with Crippen LogP contribution in [0.4, 0.5) is 0 Å². The number of nitrogens with zero attached hydrogens (tertiary/aromatic N) is 2. The summed E-state index contributed by atoms with van der Waals surface area (Å²) in [7, 11) is 0. The van der Waals surface area contributed by atoms with Gasteiger partial charge in [-0.15, -0.1) is 0 Å². The summed E-state index contributed by atoms with van der Waals surface area (Å²) in [6.07, 6.45) is 1.34. The number of aliphatic carboxylic acids is 1. The molecule has 1 heterocycles. The molecular formula is C11H15N3O3. The van der Waals surface area contributed by atoms with Crippen LogP contribution in [0.15, 0.2) is 12.3 Å². The molecule has 1 aromatic heterocycles. The lowest BCUT2D eigenvalue weighted by atomic mass is 10.0. The van der Waals surface area contributed by atoms with E-state index in [0.29, 0.717) is 5.82 Å². The van der Waals surface area contributed by atoms with Crippen LogP contribution in [0.1, 0.15) is 36.6 Å². The number of aryl methyl sites for hydroxylation is 1. The number of aromatic nitrogens is 2. The monoisotopic (exact) mass is 237 g/mol. The van der Waals surface area contributed by atoms with E-state index in [4.69, 9.17) is 5.11 Å². The molecule has 1 aromatic rings. The zero-order valence-corrected chi connectivity index (χ0v) is 10.0. The molecule has 92 valence electrons.